The van der Waals surface area contributed by atoms with Crippen LogP contribution in [0, 0.1) is 0 Å². The topological polar surface area (TPSA) is 100 Å². The van der Waals surface area contributed by atoms with E-state index in [2.05, 4.69) is 5.32 Å². The molecule has 38 heavy (non-hydrogen) atoms. The molecule has 0 aromatic heterocycles. The fraction of sp³-hybridized carbons (Fsp3) is 0.296. The lowest BCUT2D eigenvalue weighted by Crippen LogP contribution is -2.46. The second-order valence-corrected chi connectivity index (χ2v) is 16.4. The second kappa shape index (κ2) is 10.3. The number of hydrogen-bond donors (Lipinski definition) is 1. The second-order valence-electron chi connectivity index (χ2n) is 9.63. The third-order valence-electron chi connectivity index (χ3n) is 5.98. The molecule has 8 nitrogen and oxygen atoms in total. The van der Waals surface area contributed by atoms with Crippen LogP contribution in [-0.2, 0) is 24.7 Å². The molecule has 0 fully saturated rings. The highest BCUT2D eigenvalue weighted by Crippen LogP contribution is 2.52. The summed E-state index contributed by atoms with van der Waals surface area (Å²) in [6.45, 7) is 8.06. The van der Waals surface area contributed by atoms with Crippen molar-refractivity contribution in [2.45, 2.75) is 42.0 Å². The van der Waals surface area contributed by atoms with Gasteiger partial charge in [-0.2, -0.15) is 0 Å². The summed E-state index contributed by atoms with van der Waals surface area (Å²) in [5, 5.41) is 2.94. The van der Waals surface area contributed by atoms with Crippen molar-refractivity contribution in [3.05, 3.63) is 70.7 Å². The fourth-order valence-corrected chi connectivity index (χ4v) is 7.68. The molecule has 3 aromatic rings. The lowest BCUT2D eigenvalue weighted by Gasteiger charge is -2.36. The van der Waals surface area contributed by atoms with Crippen LogP contribution < -0.4 is 19.5 Å². The van der Waals surface area contributed by atoms with Gasteiger partial charge in [-0.25, -0.2) is 8.42 Å². The van der Waals surface area contributed by atoms with Gasteiger partial charge in [0.15, 0.2) is 13.9 Å². The van der Waals surface area contributed by atoms with E-state index in [4.69, 9.17) is 30.2 Å². The number of carbonyl (C=O) groups is 1. The lowest BCUT2D eigenvalue weighted by molar-refractivity contribution is -0.128. The van der Waals surface area contributed by atoms with Crippen LogP contribution in [0.5, 0.6) is 17.2 Å². The molecule has 1 atom stereocenters. The molecule has 11 heteroatoms. The summed E-state index contributed by atoms with van der Waals surface area (Å²) in [7, 11) is -3.83. The van der Waals surface area contributed by atoms with Gasteiger partial charge in [0.05, 0.1) is 31.4 Å². The Labute approximate surface area is 228 Å². The zero-order valence-corrected chi connectivity index (χ0v) is 24.6. The number of para-hydroxylation sites is 1. The minimum Gasteiger partial charge on any atom is -0.497 e. The van der Waals surface area contributed by atoms with Gasteiger partial charge < -0.3 is 24.0 Å². The molecular formula is C27H30ClNO7SSi. The van der Waals surface area contributed by atoms with E-state index in [-0.39, 0.29) is 26.3 Å². The van der Waals surface area contributed by atoms with Crippen LogP contribution in [-0.4, -0.2) is 43.5 Å². The number of ether oxygens (including phenoxy) is 3. The van der Waals surface area contributed by atoms with Crippen LogP contribution in [0.4, 0.5) is 5.69 Å². The number of halogens is 1. The Balaban J connectivity index is 2.04. The van der Waals surface area contributed by atoms with Gasteiger partial charge in [-0.15, -0.1) is 0 Å². The number of nitrogens with one attached hydrogen (secondary N) is 1. The Hall–Kier alpha value is -3.05. The molecule has 0 saturated carbocycles. The van der Waals surface area contributed by atoms with Crippen molar-refractivity contribution in [3.63, 3.8) is 0 Å². The first-order valence-electron chi connectivity index (χ1n) is 11.9. The van der Waals surface area contributed by atoms with Crippen molar-refractivity contribution >= 4 is 41.4 Å². The smallest absolute Gasteiger partial charge is 0.265 e. The average molecular weight is 576 g/mol. The van der Waals surface area contributed by atoms with Gasteiger partial charge in [-0.3, -0.25) is 4.79 Å². The summed E-state index contributed by atoms with van der Waals surface area (Å²) in [6.07, 6.45) is 0. The number of amides is 1. The van der Waals surface area contributed by atoms with Crippen molar-refractivity contribution in [3.8, 4) is 17.2 Å². The quantitative estimate of drug-likeness (QED) is 0.330. The number of sulfone groups is 1. The summed E-state index contributed by atoms with van der Waals surface area (Å²) >= 11 is 6.55. The van der Waals surface area contributed by atoms with E-state index in [1.54, 1.807) is 30.3 Å². The van der Waals surface area contributed by atoms with E-state index in [1.807, 2.05) is 26.6 Å². The zero-order valence-electron chi connectivity index (χ0n) is 22.0. The van der Waals surface area contributed by atoms with Crippen molar-refractivity contribution in [1.82, 2.24) is 0 Å². The number of hydrogen-bond acceptors (Lipinski definition) is 7. The van der Waals surface area contributed by atoms with Gasteiger partial charge >= 0.3 is 0 Å². The van der Waals surface area contributed by atoms with Crippen LogP contribution in [0.25, 0.3) is 0 Å². The van der Waals surface area contributed by atoms with E-state index in [0.717, 1.165) is 0 Å². The highest BCUT2D eigenvalue weighted by Gasteiger charge is 2.55. The van der Waals surface area contributed by atoms with E-state index in [9.17, 15) is 13.2 Å². The molecule has 4 rings (SSSR count). The van der Waals surface area contributed by atoms with Crippen molar-refractivity contribution in [2.75, 3.05) is 26.1 Å². The lowest BCUT2D eigenvalue weighted by atomic mass is 9.87. The van der Waals surface area contributed by atoms with Crippen LogP contribution in [0.3, 0.4) is 0 Å². The molecule has 0 bridgehead atoms. The average Bonchev–Trinajstić information content (AvgIpc) is 3.13. The number of methoxy groups -OCH3 is 2. The van der Waals surface area contributed by atoms with Gasteiger partial charge in [0.2, 0.25) is 9.84 Å². The predicted octanol–water partition coefficient (Wildman–Crippen LogP) is 5.64. The number of carbonyl (C=O) groups excluding carboxylic acids is 1. The first-order valence-corrected chi connectivity index (χ1v) is 17.2. The monoisotopic (exact) mass is 575 g/mol. The first kappa shape index (κ1) is 28.0. The van der Waals surface area contributed by atoms with Gasteiger partial charge in [0.25, 0.3) is 5.91 Å². The van der Waals surface area contributed by atoms with E-state index in [0.29, 0.717) is 29.2 Å². The van der Waals surface area contributed by atoms with Gasteiger partial charge in [-0.1, -0.05) is 29.8 Å². The Kier molecular flexibility index (Phi) is 7.55. The van der Waals surface area contributed by atoms with Crippen LogP contribution in [0.1, 0.15) is 18.1 Å². The SMILES string of the molecule is CCOc1ccccc1C1(O[Si](C)(C)C)C(=O)Nc2c1cc(Cl)cc2S(=O)(=O)c1ccc(OC)cc1OC. The molecule has 1 amide bonds. The summed E-state index contributed by atoms with van der Waals surface area (Å²) in [5.41, 5.74) is -0.810. The van der Waals surface area contributed by atoms with Crippen molar-refractivity contribution in [2.24, 2.45) is 0 Å². The summed E-state index contributed by atoms with van der Waals surface area (Å²) in [4.78, 5) is 13.7. The first-order chi connectivity index (χ1) is 17.9. The molecule has 1 aliphatic heterocycles. The Morgan fingerprint density at radius 1 is 0.921 bits per heavy atom. The van der Waals surface area contributed by atoms with Crippen molar-refractivity contribution in [1.29, 1.82) is 0 Å². The minimum absolute atomic E-state index is 0.0914. The van der Waals surface area contributed by atoms with E-state index in [1.165, 1.54) is 38.5 Å². The maximum atomic E-state index is 14.0. The summed E-state index contributed by atoms with van der Waals surface area (Å²) in [5.74, 6) is 0.453. The highest BCUT2D eigenvalue weighted by molar-refractivity contribution is 7.91. The minimum atomic E-state index is -4.23. The molecule has 1 aliphatic rings. The van der Waals surface area contributed by atoms with E-state index >= 15 is 0 Å². The molecule has 3 aromatic carbocycles. The molecule has 0 saturated heterocycles. The normalized spacial score (nSPS) is 17.1. The molecule has 0 radical (unpaired) electrons. The Morgan fingerprint density at radius 3 is 2.26 bits per heavy atom. The Bertz CT molecular complexity index is 1500. The van der Waals surface area contributed by atoms with Crippen LogP contribution in [0.15, 0.2) is 64.4 Å². The molecular weight excluding hydrogens is 546 g/mol. The van der Waals surface area contributed by atoms with Crippen LogP contribution >= 0.6 is 11.6 Å². The summed E-state index contributed by atoms with van der Waals surface area (Å²) < 4.78 is 51.2. The highest BCUT2D eigenvalue weighted by atomic mass is 35.5. The molecule has 1 heterocycles. The molecule has 0 spiro atoms. The third kappa shape index (κ3) is 4.77. The number of rotatable bonds is 9. The fourth-order valence-electron chi connectivity index (χ4n) is 4.56. The number of benzene rings is 3. The third-order valence-corrected chi connectivity index (χ3v) is 8.93. The van der Waals surface area contributed by atoms with Gasteiger partial charge in [0, 0.05) is 22.2 Å². The number of anilines is 1. The van der Waals surface area contributed by atoms with Crippen molar-refractivity contribution < 1.29 is 31.8 Å². The van der Waals surface area contributed by atoms with Gasteiger partial charge in [-0.05, 0) is 56.9 Å². The molecule has 1 N–H and O–H groups in total. The zero-order chi connectivity index (χ0) is 27.9. The van der Waals surface area contributed by atoms with Gasteiger partial charge in [0.1, 0.15) is 22.1 Å². The number of fused-ring (bicyclic) bond motifs is 1. The van der Waals surface area contributed by atoms with Crippen LogP contribution in [0.2, 0.25) is 24.7 Å². The largest absolute Gasteiger partial charge is 0.497 e. The predicted molar refractivity (Wildman–Crippen MR) is 148 cm³/mol. The molecule has 0 aliphatic carbocycles. The Morgan fingerprint density at radius 2 is 1.63 bits per heavy atom. The molecule has 202 valence electrons. The maximum Gasteiger partial charge on any atom is 0.265 e. The maximum absolute atomic E-state index is 14.0. The standard InChI is InChI=1S/C27H30ClNO7SSi/c1-7-35-21-11-9-8-10-19(21)27(36-38(4,5)6)20-14-17(28)15-24(25(20)29-26(27)30)37(31,32)23-13-12-18(33-2)16-22(23)34-3/h8-16H,7H2,1-6H3,(H,29,30). The molecule has 1 unspecified atom stereocenters. The summed E-state index contributed by atoms with van der Waals surface area (Å²) in [6, 6.07) is 14.4. The van der Waals surface area contributed by atoms with E-state index < -0.39 is 29.7 Å².